The van der Waals surface area contributed by atoms with Gasteiger partial charge < -0.3 is 14.9 Å². The summed E-state index contributed by atoms with van der Waals surface area (Å²) in [6.07, 6.45) is 0.0317. The number of methoxy groups -OCH3 is 1. The van der Waals surface area contributed by atoms with E-state index < -0.39 is 44.1 Å². The van der Waals surface area contributed by atoms with Gasteiger partial charge in [0.1, 0.15) is 12.0 Å². The van der Waals surface area contributed by atoms with Crippen LogP contribution in [0.3, 0.4) is 0 Å². The molecule has 0 bridgehead atoms. The standard InChI is InChI=1S/C16H20N2O9S/c1-27-9-8-17(10-14(19)20)28(25,26)13-6-7-16(13,15(21)22)11-2-4-12(5-3-11)18(23)24/h2-5,13H,6-10H2,1H3,(H,19,20)(H,21,22). The Morgan fingerprint density at radius 1 is 1.32 bits per heavy atom. The zero-order valence-corrected chi connectivity index (χ0v) is 15.8. The molecule has 2 atom stereocenters. The molecule has 1 aromatic rings. The molecule has 2 rings (SSSR count). The van der Waals surface area contributed by atoms with Crippen molar-refractivity contribution in [2.75, 3.05) is 26.8 Å². The van der Waals surface area contributed by atoms with Gasteiger partial charge in [0.15, 0.2) is 0 Å². The number of ether oxygens (including phenoxy) is 1. The van der Waals surface area contributed by atoms with E-state index in [2.05, 4.69) is 0 Å². The van der Waals surface area contributed by atoms with E-state index >= 15 is 0 Å². The van der Waals surface area contributed by atoms with E-state index in [0.717, 1.165) is 12.1 Å². The smallest absolute Gasteiger partial charge is 0.318 e. The van der Waals surface area contributed by atoms with Crippen LogP contribution in [0.5, 0.6) is 0 Å². The molecule has 1 fully saturated rings. The molecule has 0 aromatic heterocycles. The van der Waals surface area contributed by atoms with Crippen LogP contribution in [-0.2, 0) is 29.8 Å². The second kappa shape index (κ2) is 8.20. The van der Waals surface area contributed by atoms with Crippen LogP contribution in [0.1, 0.15) is 18.4 Å². The van der Waals surface area contributed by atoms with Gasteiger partial charge >= 0.3 is 11.9 Å². The van der Waals surface area contributed by atoms with Gasteiger partial charge in [-0.2, -0.15) is 4.31 Å². The summed E-state index contributed by atoms with van der Waals surface area (Å²) < 4.78 is 31.6. The van der Waals surface area contributed by atoms with Gasteiger partial charge in [-0.15, -0.1) is 0 Å². The van der Waals surface area contributed by atoms with Gasteiger partial charge in [0, 0.05) is 25.8 Å². The fourth-order valence-electron chi connectivity index (χ4n) is 3.35. The Balaban J connectivity index is 2.45. The number of aliphatic carboxylic acids is 2. The van der Waals surface area contributed by atoms with E-state index in [-0.39, 0.29) is 37.2 Å². The maximum Gasteiger partial charge on any atom is 0.318 e. The van der Waals surface area contributed by atoms with Gasteiger partial charge in [-0.25, -0.2) is 8.42 Å². The molecule has 0 saturated heterocycles. The van der Waals surface area contributed by atoms with Crippen LogP contribution in [-0.4, -0.2) is 71.9 Å². The Labute approximate surface area is 160 Å². The van der Waals surface area contributed by atoms with Crippen LogP contribution in [0.2, 0.25) is 0 Å². The number of carboxylic acid groups (broad SMARTS) is 2. The quantitative estimate of drug-likeness (QED) is 0.407. The number of rotatable bonds is 10. The molecular formula is C16H20N2O9S. The summed E-state index contributed by atoms with van der Waals surface area (Å²) in [5.41, 5.74) is -1.94. The second-order valence-corrected chi connectivity index (χ2v) is 8.49. The number of hydrogen-bond donors (Lipinski definition) is 2. The zero-order chi connectivity index (χ0) is 21.1. The third kappa shape index (κ3) is 3.84. The number of nitrogens with zero attached hydrogens (tertiary/aromatic N) is 2. The predicted molar refractivity (Wildman–Crippen MR) is 95.4 cm³/mol. The molecular weight excluding hydrogens is 396 g/mol. The Kier molecular flexibility index (Phi) is 6.37. The lowest BCUT2D eigenvalue weighted by Crippen LogP contribution is -2.61. The molecule has 12 heteroatoms. The molecule has 1 aliphatic rings. The predicted octanol–water partition coefficient (Wildman–Crippen LogP) is 0.442. The topological polar surface area (TPSA) is 164 Å². The van der Waals surface area contributed by atoms with E-state index in [1.807, 2.05) is 0 Å². The van der Waals surface area contributed by atoms with Crippen LogP contribution in [0.25, 0.3) is 0 Å². The first-order valence-electron chi connectivity index (χ1n) is 8.25. The molecule has 2 unspecified atom stereocenters. The molecule has 1 saturated carbocycles. The van der Waals surface area contributed by atoms with Crippen molar-refractivity contribution in [2.45, 2.75) is 23.5 Å². The summed E-state index contributed by atoms with van der Waals surface area (Å²) in [4.78, 5) is 33.3. The van der Waals surface area contributed by atoms with E-state index in [0.29, 0.717) is 4.31 Å². The number of benzene rings is 1. The minimum atomic E-state index is -4.30. The normalized spacial score (nSPS) is 21.9. The highest BCUT2D eigenvalue weighted by molar-refractivity contribution is 7.89. The van der Waals surface area contributed by atoms with E-state index in [4.69, 9.17) is 9.84 Å². The molecule has 154 valence electrons. The molecule has 0 amide bonds. The second-order valence-electron chi connectivity index (χ2n) is 6.37. The number of non-ortho nitro benzene ring substituents is 1. The van der Waals surface area contributed by atoms with Crippen molar-refractivity contribution < 1.29 is 37.9 Å². The van der Waals surface area contributed by atoms with Crippen LogP contribution in [0.15, 0.2) is 24.3 Å². The number of nitro benzene ring substituents is 1. The van der Waals surface area contributed by atoms with Crippen LogP contribution in [0, 0.1) is 10.1 Å². The first-order chi connectivity index (χ1) is 13.1. The Hall–Kier alpha value is -2.57. The van der Waals surface area contributed by atoms with Crippen molar-refractivity contribution >= 4 is 27.6 Å². The number of nitro groups is 1. The highest BCUT2D eigenvalue weighted by Gasteiger charge is 2.61. The fraction of sp³-hybridized carbons (Fsp3) is 0.500. The molecule has 0 heterocycles. The lowest BCUT2D eigenvalue weighted by molar-refractivity contribution is -0.384. The van der Waals surface area contributed by atoms with Crippen LogP contribution in [0.4, 0.5) is 5.69 Å². The number of carbonyl (C=O) groups is 2. The number of sulfonamides is 1. The van der Waals surface area contributed by atoms with E-state index in [9.17, 15) is 33.2 Å². The molecule has 28 heavy (non-hydrogen) atoms. The zero-order valence-electron chi connectivity index (χ0n) is 15.0. The Morgan fingerprint density at radius 2 is 1.93 bits per heavy atom. The lowest BCUT2D eigenvalue weighted by atomic mass is 9.64. The largest absolute Gasteiger partial charge is 0.481 e. The maximum absolute atomic E-state index is 13.1. The van der Waals surface area contributed by atoms with E-state index in [1.54, 1.807) is 0 Å². The molecule has 2 N–H and O–H groups in total. The Bertz CT molecular complexity index is 869. The molecule has 1 aliphatic carbocycles. The SMILES string of the molecule is COCCN(CC(=O)O)S(=O)(=O)C1CCC1(C(=O)O)c1ccc([N+](=O)[O-])cc1. The summed E-state index contributed by atoms with van der Waals surface area (Å²) >= 11 is 0. The summed E-state index contributed by atoms with van der Waals surface area (Å²) in [6, 6.07) is 4.68. The van der Waals surface area contributed by atoms with Crippen LogP contribution >= 0.6 is 0 Å². The molecule has 0 radical (unpaired) electrons. The van der Waals surface area contributed by atoms with Gasteiger partial charge in [-0.3, -0.25) is 19.7 Å². The summed E-state index contributed by atoms with van der Waals surface area (Å²) in [5, 5.41) is 28.3. The fourth-order valence-corrected chi connectivity index (χ4v) is 5.61. The van der Waals surface area contributed by atoms with Crippen molar-refractivity contribution in [3.05, 3.63) is 39.9 Å². The van der Waals surface area contributed by atoms with Gasteiger partial charge in [0.2, 0.25) is 10.0 Å². The van der Waals surface area contributed by atoms with Gasteiger partial charge in [0.05, 0.1) is 16.8 Å². The average molecular weight is 416 g/mol. The highest BCUT2D eigenvalue weighted by atomic mass is 32.2. The van der Waals surface area contributed by atoms with Crippen molar-refractivity contribution in [1.29, 1.82) is 0 Å². The first kappa shape index (κ1) is 21.7. The van der Waals surface area contributed by atoms with Gasteiger partial charge in [-0.05, 0) is 18.4 Å². The van der Waals surface area contributed by atoms with Crippen molar-refractivity contribution in [3.8, 4) is 0 Å². The third-order valence-corrected chi connectivity index (χ3v) is 7.29. The number of hydrogen-bond acceptors (Lipinski definition) is 7. The monoisotopic (exact) mass is 416 g/mol. The van der Waals surface area contributed by atoms with Crippen molar-refractivity contribution in [1.82, 2.24) is 4.31 Å². The third-order valence-electron chi connectivity index (χ3n) is 4.90. The van der Waals surface area contributed by atoms with Crippen LogP contribution < -0.4 is 0 Å². The van der Waals surface area contributed by atoms with Gasteiger partial charge in [-0.1, -0.05) is 12.1 Å². The average Bonchev–Trinajstić information content (AvgIpc) is 2.57. The number of carboxylic acids is 2. The molecule has 0 spiro atoms. The minimum Gasteiger partial charge on any atom is -0.481 e. The summed E-state index contributed by atoms with van der Waals surface area (Å²) in [5.74, 6) is -2.77. The first-order valence-corrected chi connectivity index (χ1v) is 9.75. The summed E-state index contributed by atoms with van der Waals surface area (Å²) in [6.45, 7) is -1.12. The highest BCUT2D eigenvalue weighted by Crippen LogP contribution is 2.49. The van der Waals surface area contributed by atoms with Crippen molar-refractivity contribution in [2.24, 2.45) is 0 Å². The van der Waals surface area contributed by atoms with E-state index in [1.165, 1.54) is 19.2 Å². The minimum absolute atomic E-state index is 0.00916. The van der Waals surface area contributed by atoms with Gasteiger partial charge in [0.25, 0.3) is 5.69 Å². The summed E-state index contributed by atoms with van der Waals surface area (Å²) in [7, 11) is -2.97. The molecule has 1 aromatic carbocycles. The maximum atomic E-state index is 13.1. The van der Waals surface area contributed by atoms with Crippen molar-refractivity contribution in [3.63, 3.8) is 0 Å². The Morgan fingerprint density at radius 3 is 2.32 bits per heavy atom. The lowest BCUT2D eigenvalue weighted by Gasteiger charge is -2.47. The molecule has 0 aliphatic heterocycles. The molecule has 11 nitrogen and oxygen atoms in total.